The van der Waals surface area contributed by atoms with E-state index in [1.54, 1.807) is 0 Å². The Morgan fingerprint density at radius 1 is 1.06 bits per heavy atom. The minimum Gasteiger partial charge on any atom is -0.489 e. The standard InChI is InChI=1S/C15H16BrNO/c16-14-6-7-15(13(10-14)8-9-17)18-11-12-4-2-1-3-5-12/h1-7,10H,8-9,11,17H2. The van der Waals surface area contributed by atoms with Gasteiger partial charge in [0.05, 0.1) is 0 Å². The first-order valence-corrected chi connectivity index (χ1v) is 6.74. The molecule has 0 saturated heterocycles. The molecule has 0 radical (unpaired) electrons. The van der Waals surface area contributed by atoms with Crippen molar-refractivity contribution in [2.75, 3.05) is 6.54 Å². The Hall–Kier alpha value is -1.32. The van der Waals surface area contributed by atoms with Crippen molar-refractivity contribution in [1.29, 1.82) is 0 Å². The lowest BCUT2D eigenvalue weighted by Gasteiger charge is -2.11. The quantitative estimate of drug-likeness (QED) is 0.917. The Labute approximate surface area is 116 Å². The molecule has 2 rings (SSSR count). The van der Waals surface area contributed by atoms with Gasteiger partial charge in [-0.25, -0.2) is 0 Å². The first-order valence-electron chi connectivity index (χ1n) is 5.95. The molecule has 0 spiro atoms. The van der Waals surface area contributed by atoms with Crippen LogP contribution in [0.25, 0.3) is 0 Å². The number of nitrogens with two attached hydrogens (primary N) is 1. The molecule has 2 aromatic rings. The van der Waals surface area contributed by atoms with Crippen LogP contribution >= 0.6 is 15.9 Å². The molecule has 0 saturated carbocycles. The summed E-state index contributed by atoms with van der Waals surface area (Å²) in [6.45, 7) is 1.21. The zero-order valence-electron chi connectivity index (χ0n) is 10.1. The van der Waals surface area contributed by atoms with E-state index in [-0.39, 0.29) is 0 Å². The second-order valence-electron chi connectivity index (χ2n) is 4.06. The monoisotopic (exact) mass is 305 g/mol. The molecule has 0 aliphatic rings. The lowest BCUT2D eigenvalue weighted by molar-refractivity contribution is 0.303. The van der Waals surface area contributed by atoms with Crippen molar-refractivity contribution < 1.29 is 4.74 Å². The number of rotatable bonds is 5. The summed E-state index contributed by atoms with van der Waals surface area (Å²) in [6, 6.07) is 16.2. The van der Waals surface area contributed by atoms with Crippen molar-refractivity contribution in [3.63, 3.8) is 0 Å². The van der Waals surface area contributed by atoms with E-state index in [0.717, 1.165) is 22.2 Å². The summed E-state index contributed by atoms with van der Waals surface area (Å²) in [7, 11) is 0. The van der Waals surface area contributed by atoms with Crippen LogP contribution in [-0.2, 0) is 13.0 Å². The predicted octanol–water partition coefficient (Wildman–Crippen LogP) is 3.53. The Bertz CT molecular complexity index is 499. The van der Waals surface area contributed by atoms with Gasteiger partial charge in [0, 0.05) is 4.47 Å². The molecule has 0 bridgehead atoms. The Kier molecular flexibility index (Phi) is 4.79. The molecule has 0 amide bonds. The average molecular weight is 306 g/mol. The summed E-state index contributed by atoms with van der Waals surface area (Å²) >= 11 is 3.47. The molecule has 0 aliphatic carbocycles. The van der Waals surface area contributed by atoms with Crippen molar-refractivity contribution in [2.24, 2.45) is 5.73 Å². The van der Waals surface area contributed by atoms with Gasteiger partial charge in [0.2, 0.25) is 0 Å². The Morgan fingerprint density at radius 3 is 2.56 bits per heavy atom. The second-order valence-corrected chi connectivity index (χ2v) is 4.98. The number of hydrogen-bond acceptors (Lipinski definition) is 2. The van der Waals surface area contributed by atoms with E-state index in [1.165, 1.54) is 5.56 Å². The van der Waals surface area contributed by atoms with E-state index in [2.05, 4.69) is 34.1 Å². The van der Waals surface area contributed by atoms with Crippen LogP contribution in [0, 0.1) is 0 Å². The highest BCUT2D eigenvalue weighted by molar-refractivity contribution is 9.10. The third-order valence-corrected chi connectivity index (χ3v) is 3.17. The smallest absolute Gasteiger partial charge is 0.123 e. The minimum atomic E-state index is 0.583. The van der Waals surface area contributed by atoms with Crippen LogP contribution in [0.15, 0.2) is 53.0 Å². The maximum atomic E-state index is 5.85. The van der Waals surface area contributed by atoms with Crippen LogP contribution in [0.1, 0.15) is 11.1 Å². The molecule has 18 heavy (non-hydrogen) atoms. The molecular weight excluding hydrogens is 290 g/mol. The summed E-state index contributed by atoms with van der Waals surface area (Å²) < 4.78 is 6.91. The molecule has 2 N–H and O–H groups in total. The molecule has 2 nitrogen and oxygen atoms in total. The zero-order chi connectivity index (χ0) is 12.8. The van der Waals surface area contributed by atoms with E-state index < -0.39 is 0 Å². The summed E-state index contributed by atoms with van der Waals surface area (Å²) in [6.07, 6.45) is 0.823. The van der Waals surface area contributed by atoms with Gasteiger partial charge in [-0.1, -0.05) is 46.3 Å². The van der Waals surface area contributed by atoms with Gasteiger partial charge in [-0.2, -0.15) is 0 Å². The fourth-order valence-electron chi connectivity index (χ4n) is 1.78. The van der Waals surface area contributed by atoms with Crippen molar-refractivity contribution in [1.82, 2.24) is 0 Å². The van der Waals surface area contributed by atoms with E-state index in [9.17, 15) is 0 Å². The molecule has 0 fully saturated rings. The largest absolute Gasteiger partial charge is 0.489 e. The van der Waals surface area contributed by atoms with Crippen molar-refractivity contribution >= 4 is 15.9 Å². The molecule has 0 aliphatic heterocycles. The third-order valence-electron chi connectivity index (χ3n) is 2.67. The van der Waals surface area contributed by atoms with Gasteiger partial charge < -0.3 is 10.5 Å². The lowest BCUT2D eigenvalue weighted by atomic mass is 10.1. The highest BCUT2D eigenvalue weighted by Crippen LogP contribution is 2.24. The first kappa shape index (κ1) is 13.1. The van der Waals surface area contributed by atoms with Crippen LogP contribution in [0.2, 0.25) is 0 Å². The maximum Gasteiger partial charge on any atom is 0.123 e. The molecule has 0 aromatic heterocycles. The summed E-state index contributed by atoms with van der Waals surface area (Å²) in [5.74, 6) is 0.910. The SMILES string of the molecule is NCCc1cc(Br)ccc1OCc1ccccc1. The summed E-state index contributed by atoms with van der Waals surface area (Å²) in [5.41, 5.74) is 7.92. The van der Waals surface area contributed by atoms with Crippen LogP contribution < -0.4 is 10.5 Å². The molecule has 0 atom stereocenters. The topological polar surface area (TPSA) is 35.2 Å². The number of hydrogen-bond donors (Lipinski definition) is 1. The maximum absolute atomic E-state index is 5.85. The van der Waals surface area contributed by atoms with Gasteiger partial charge in [-0.15, -0.1) is 0 Å². The van der Waals surface area contributed by atoms with Crippen molar-refractivity contribution in [2.45, 2.75) is 13.0 Å². The van der Waals surface area contributed by atoms with Crippen LogP contribution in [-0.4, -0.2) is 6.54 Å². The van der Waals surface area contributed by atoms with Gasteiger partial charge in [0.1, 0.15) is 12.4 Å². The highest BCUT2D eigenvalue weighted by Gasteiger charge is 2.04. The van der Waals surface area contributed by atoms with Gasteiger partial charge in [-0.3, -0.25) is 0 Å². The molecular formula is C15H16BrNO. The van der Waals surface area contributed by atoms with Crippen LogP contribution in [0.3, 0.4) is 0 Å². The predicted molar refractivity (Wildman–Crippen MR) is 77.7 cm³/mol. The van der Waals surface area contributed by atoms with E-state index >= 15 is 0 Å². The summed E-state index contributed by atoms with van der Waals surface area (Å²) in [4.78, 5) is 0. The fourth-order valence-corrected chi connectivity index (χ4v) is 2.18. The molecule has 2 aromatic carbocycles. The van der Waals surface area contributed by atoms with Gasteiger partial charge >= 0.3 is 0 Å². The van der Waals surface area contributed by atoms with E-state index in [1.807, 2.05) is 30.3 Å². The summed E-state index contributed by atoms with van der Waals surface area (Å²) in [5, 5.41) is 0. The molecule has 0 unspecified atom stereocenters. The Balaban J connectivity index is 2.09. The molecule has 94 valence electrons. The van der Waals surface area contributed by atoms with Crippen molar-refractivity contribution in [3.8, 4) is 5.75 Å². The fraction of sp³-hybridized carbons (Fsp3) is 0.200. The van der Waals surface area contributed by atoms with Gasteiger partial charge in [0.15, 0.2) is 0 Å². The number of benzene rings is 2. The average Bonchev–Trinajstić information content (AvgIpc) is 2.39. The normalized spacial score (nSPS) is 10.3. The second kappa shape index (κ2) is 6.57. The third kappa shape index (κ3) is 3.59. The van der Waals surface area contributed by atoms with Crippen LogP contribution in [0.4, 0.5) is 0 Å². The van der Waals surface area contributed by atoms with Crippen molar-refractivity contribution in [3.05, 3.63) is 64.1 Å². The molecule has 3 heteroatoms. The van der Waals surface area contributed by atoms with Crippen LogP contribution in [0.5, 0.6) is 5.75 Å². The highest BCUT2D eigenvalue weighted by atomic mass is 79.9. The number of halogens is 1. The minimum absolute atomic E-state index is 0.583. The lowest BCUT2D eigenvalue weighted by Crippen LogP contribution is -2.05. The Morgan fingerprint density at radius 2 is 1.83 bits per heavy atom. The van der Waals surface area contributed by atoms with E-state index in [4.69, 9.17) is 10.5 Å². The molecule has 0 heterocycles. The van der Waals surface area contributed by atoms with Gasteiger partial charge in [0.25, 0.3) is 0 Å². The number of ether oxygens (including phenoxy) is 1. The van der Waals surface area contributed by atoms with Gasteiger partial charge in [-0.05, 0) is 42.3 Å². The zero-order valence-corrected chi connectivity index (χ0v) is 11.7. The van der Waals surface area contributed by atoms with E-state index in [0.29, 0.717) is 13.2 Å². The first-order chi connectivity index (χ1) is 8.79.